The molecule has 138 valence electrons. The molecule has 0 saturated heterocycles. The third-order valence-electron chi connectivity index (χ3n) is 4.50. The Balaban J connectivity index is 1.81. The summed E-state index contributed by atoms with van der Waals surface area (Å²) in [5.41, 5.74) is 3.48. The number of hydrogen-bond donors (Lipinski definition) is 0. The van der Waals surface area contributed by atoms with Gasteiger partial charge in [0.15, 0.2) is 0 Å². The molecule has 7 heteroatoms. The van der Waals surface area contributed by atoms with Gasteiger partial charge in [-0.2, -0.15) is 4.98 Å². The van der Waals surface area contributed by atoms with Crippen LogP contribution in [0.4, 0.5) is 17.2 Å². The maximum Gasteiger partial charge on any atom is 0.271 e. The molecule has 0 aliphatic carbocycles. The van der Waals surface area contributed by atoms with E-state index in [1.54, 1.807) is 6.07 Å². The molecular weight excluding hydrogens is 376 g/mol. The Kier molecular flexibility index (Phi) is 4.63. The van der Waals surface area contributed by atoms with E-state index < -0.39 is 4.92 Å². The van der Waals surface area contributed by atoms with Gasteiger partial charge in [0, 0.05) is 30.3 Å². The summed E-state index contributed by atoms with van der Waals surface area (Å²) in [7, 11) is 1.88. The predicted octanol–water partition coefficient (Wildman–Crippen LogP) is 5.63. The van der Waals surface area contributed by atoms with Crippen LogP contribution in [0, 0.1) is 10.1 Å². The van der Waals surface area contributed by atoms with Crippen molar-refractivity contribution in [3.8, 4) is 11.1 Å². The minimum Gasteiger partial charge on any atom is -0.329 e. The summed E-state index contributed by atoms with van der Waals surface area (Å²) in [5, 5.41) is 11.8. The van der Waals surface area contributed by atoms with Crippen molar-refractivity contribution in [2.45, 2.75) is 0 Å². The molecule has 28 heavy (non-hydrogen) atoms. The quantitative estimate of drug-likeness (QED) is 0.256. The van der Waals surface area contributed by atoms with Gasteiger partial charge in [0.2, 0.25) is 5.28 Å². The highest BCUT2D eigenvalue weighted by molar-refractivity contribution is 6.28. The molecule has 0 saturated carbocycles. The lowest BCUT2D eigenvalue weighted by Crippen LogP contribution is -2.12. The van der Waals surface area contributed by atoms with Crippen molar-refractivity contribution >= 4 is 39.7 Å². The van der Waals surface area contributed by atoms with Crippen molar-refractivity contribution in [3.05, 3.63) is 88.2 Å². The number of non-ortho nitro benzene ring substituents is 1. The Morgan fingerprint density at radius 3 is 2.43 bits per heavy atom. The van der Waals surface area contributed by atoms with E-state index in [0.29, 0.717) is 16.7 Å². The Hall–Kier alpha value is -3.51. The van der Waals surface area contributed by atoms with Crippen molar-refractivity contribution < 1.29 is 4.92 Å². The van der Waals surface area contributed by atoms with Crippen LogP contribution in [0.25, 0.3) is 22.0 Å². The van der Waals surface area contributed by atoms with Crippen LogP contribution < -0.4 is 4.90 Å². The molecule has 0 spiro atoms. The van der Waals surface area contributed by atoms with Crippen molar-refractivity contribution in [3.63, 3.8) is 0 Å². The van der Waals surface area contributed by atoms with E-state index in [-0.39, 0.29) is 11.0 Å². The molecule has 1 heterocycles. The van der Waals surface area contributed by atoms with Gasteiger partial charge in [-0.05, 0) is 40.9 Å². The molecule has 0 unspecified atom stereocenters. The molecule has 0 aliphatic heterocycles. The van der Waals surface area contributed by atoms with E-state index in [4.69, 9.17) is 11.6 Å². The average molecular weight is 391 g/mol. The van der Waals surface area contributed by atoms with E-state index in [0.717, 1.165) is 16.8 Å². The first-order valence-electron chi connectivity index (χ1n) is 8.54. The lowest BCUT2D eigenvalue weighted by Gasteiger charge is -2.21. The lowest BCUT2D eigenvalue weighted by molar-refractivity contribution is -0.384. The third-order valence-corrected chi connectivity index (χ3v) is 4.67. The van der Waals surface area contributed by atoms with Crippen LogP contribution >= 0.6 is 11.6 Å². The Morgan fingerprint density at radius 1 is 0.929 bits per heavy atom. The largest absolute Gasteiger partial charge is 0.329 e. The van der Waals surface area contributed by atoms with Gasteiger partial charge < -0.3 is 4.90 Å². The molecule has 1 aromatic heterocycles. The summed E-state index contributed by atoms with van der Waals surface area (Å²) < 4.78 is 0. The van der Waals surface area contributed by atoms with Crippen LogP contribution in [0.1, 0.15) is 0 Å². The molecule has 0 bridgehead atoms. The van der Waals surface area contributed by atoms with E-state index >= 15 is 0 Å². The standard InChI is InChI=1S/C21H15ClN4O2/c1-25(16-9-5-8-15(12-16)14-6-3-2-4-7-14)20-18-11-10-17(26(27)28)13-19(18)23-21(22)24-20/h2-13H,1H3. The van der Waals surface area contributed by atoms with E-state index in [1.165, 1.54) is 12.1 Å². The summed E-state index contributed by atoms with van der Waals surface area (Å²) in [6, 6.07) is 22.6. The summed E-state index contributed by atoms with van der Waals surface area (Å²) >= 11 is 6.10. The van der Waals surface area contributed by atoms with Gasteiger partial charge in [-0.15, -0.1) is 0 Å². The van der Waals surface area contributed by atoms with E-state index in [1.807, 2.05) is 48.3 Å². The summed E-state index contributed by atoms with van der Waals surface area (Å²) in [6.45, 7) is 0. The normalized spacial score (nSPS) is 10.8. The molecule has 0 N–H and O–H groups in total. The Labute approximate surface area is 166 Å². The molecule has 0 atom stereocenters. The van der Waals surface area contributed by atoms with Gasteiger partial charge in [-0.1, -0.05) is 42.5 Å². The molecule has 0 aliphatic rings. The predicted molar refractivity (Wildman–Crippen MR) is 111 cm³/mol. The van der Waals surface area contributed by atoms with Gasteiger partial charge in [0.1, 0.15) is 5.82 Å². The maximum absolute atomic E-state index is 11.1. The van der Waals surface area contributed by atoms with Crippen LogP contribution in [-0.2, 0) is 0 Å². The zero-order valence-electron chi connectivity index (χ0n) is 14.9. The monoisotopic (exact) mass is 390 g/mol. The SMILES string of the molecule is CN(c1cccc(-c2ccccc2)c1)c1nc(Cl)nc2cc([N+](=O)[O-])ccc12. The average Bonchev–Trinajstić information content (AvgIpc) is 2.72. The fourth-order valence-corrected chi connectivity index (χ4v) is 3.26. The highest BCUT2D eigenvalue weighted by Crippen LogP contribution is 2.33. The summed E-state index contributed by atoms with van der Waals surface area (Å²) in [4.78, 5) is 21.0. The van der Waals surface area contributed by atoms with E-state index in [9.17, 15) is 10.1 Å². The van der Waals surface area contributed by atoms with Crippen molar-refractivity contribution in [2.75, 3.05) is 11.9 Å². The summed E-state index contributed by atoms with van der Waals surface area (Å²) in [5.74, 6) is 0.579. The number of fused-ring (bicyclic) bond motifs is 1. The Bertz CT molecular complexity index is 1180. The number of nitro groups is 1. The van der Waals surface area contributed by atoms with Gasteiger partial charge >= 0.3 is 0 Å². The number of rotatable bonds is 4. The molecule has 0 amide bonds. The van der Waals surface area contributed by atoms with E-state index in [2.05, 4.69) is 28.2 Å². The number of aromatic nitrogens is 2. The molecule has 4 aromatic rings. The van der Waals surface area contributed by atoms with Gasteiger partial charge in [0.05, 0.1) is 10.4 Å². The third kappa shape index (κ3) is 3.37. The number of halogens is 1. The first kappa shape index (κ1) is 17.9. The second-order valence-corrected chi connectivity index (χ2v) is 6.59. The minimum atomic E-state index is -0.456. The number of anilines is 2. The second kappa shape index (κ2) is 7.25. The van der Waals surface area contributed by atoms with Crippen LogP contribution in [0.15, 0.2) is 72.8 Å². The zero-order valence-corrected chi connectivity index (χ0v) is 15.7. The Morgan fingerprint density at radius 2 is 1.68 bits per heavy atom. The maximum atomic E-state index is 11.1. The first-order valence-corrected chi connectivity index (χ1v) is 8.91. The lowest BCUT2D eigenvalue weighted by atomic mass is 10.0. The summed E-state index contributed by atoms with van der Waals surface area (Å²) in [6.07, 6.45) is 0. The van der Waals surface area contributed by atoms with Crippen LogP contribution in [-0.4, -0.2) is 21.9 Å². The van der Waals surface area contributed by atoms with Gasteiger partial charge in [-0.25, -0.2) is 4.98 Å². The molecular formula is C21H15ClN4O2. The topological polar surface area (TPSA) is 72.2 Å². The van der Waals surface area contributed by atoms with Gasteiger partial charge in [0.25, 0.3) is 5.69 Å². The van der Waals surface area contributed by atoms with Crippen LogP contribution in [0.5, 0.6) is 0 Å². The highest BCUT2D eigenvalue weighted by Gasteiger charge is 2.16. The molecule has 0 fully saturated rings. The molecule has 4 rings (SSSR count). The highest BCUT2D eigenvalue weighted by atomic mass is 35.5. The fourth-order valence-electron chi connectivity index (χ4n) is 3.09. The van der Waals surface area contributed by atoms with Gasteiger partial charge in [-0.3, -0.25) is 10.1 Å². The van der Waals surface area contributed by atoms with Crippen molar-refractivity contribution in [1.29, 1.82) is 0 Å². The molecule has 6 nitrogen and oxygen atoms in total. The van der Waals surface area contributed by atoms with Crippen LogP contribution in [0.2, 0.25) is 5.28 Å². The molecule has 3 aromatic carbocycles. The number of benzene rings is 3. The van der Waals surface area contributed by atoms with Crippen molar-refractivity contribution in [1.82, 2.24) is 9.97 Å². The first-order chi connectivity index (χ1) is 13.5. The van der Waals surface area contributed by atoms with Crippen LogP contribution in [0.3, 0.4) is 0 Å². The zero-order chi connectivity index (χ0) is 19.7. The minimum absolute atomic E-state index is 0.0362. The number of nitro benzene ring substituents is 1. The van der Waals surface area contributed by atoms with Crippen molar-refractivity contribution in [2.24, 2.45) is 0 Å². The smallest absolute Gasteiger partial charge is 0.271 e. The second-order valence-electron chi connectivity index (χ2n) is 6.25. The molecule has 0 radical (unpaired) electrons. The fraction of sp³-hybridized carbons (Fsp3) is 0.0476. The number of nitrogens with zero attached hydrogens (tertiary/aromatic N) is 4. The number of hydrogen-bond acceptors (Lipinski definition) is 5.